The number of rotatable bonds is 2. The first-order valence-electron chi connectivity index (χ1n) is 7.18. The number of nitrogens with zero attached hydrogens (tertiary/aromatic N) is 4. The Hall–Kier alpha value is -1.50. The number of likely N-dealkylation sites (N-methyl/N-ethyl adjacent to an activating group) is 1. The molecule has 1 spiro atoms. The number of ether oxygens (including phenoxy) is 1. The molecule has 0 saturated carbocycles. The molecule has 0 aliphatic carbocycles. The Morgan fingerprint density at radius 2 is 2.24 bits per heavy atom. The molecule has 6 nitrogen and oxygen atoms in total. The van der Waals surface area contributed by atoms with Crippen LogP contribution in [0, 0.1) is 0 Å². The fraction of sp³-hybridized carbons (Fsp3) is 0.643. The van der Waals surface area contributed by atoms with Crippen molar-refractivity contribution in [3.05, 3.63) is 12.3 Å². The van der Waals surface area contributed by atoms with E-state index in [9.17, 15) is 4.79 Å². The highest BCUT2D eigenvalue weighted by Gasteiger charge is 2.44. The largest absolute Gasteiger partial charge is 0.441 e. The van der Waals surface area contributed by atoms with Crippen LogP contribution in [0.4, 0.5) is 10.6 Å². The Kier molecular flexibility index (Phi) is 3.93. The molecule has 0 N–H and O–H groups in total. The number of hydrogen-bond donors (Lipinski definition) is 0. The molecule has 1 unspecified atom stereocenters. The second kappa shape index (κ2) is 5.71. The van der Waals surface area contributed by atoms with Crippen LogP contribution < -0.4 is 4.90 Å². The highest BCUT2D eigenvalue weighted by atomic mass is 32.2. The van der Waals surface area contributed by atoms with Crippen LogP contribution in [0.15, 0.2) is 17.4 Å². The second-order valence-corrected chi connectivity index (χ2v) is 6.42. The van der Waals surface area contributed by atoms with Gasteiger partial charge in [0.15, 0.2) is 5.16 Å². The van der Waals surface area contributed by atoms with E-state index in [4.69, 9.17) is 4.74 Å². The van der Waals surface area contributed by atoms with Crippen LogP contribution in [-0.2, 0) is 4.74 Å². The van der Waals surface area contributed by atoms with Gasteiger partial charge < -0.3 is 14.5 Å². The van der Waals surface area contributed by atoms with Crippen molar-refractivity contribution in [1.82, 2.24) is 14.9 Å². The smallest absolute Gasteiger partial charge is 0.410 e. The van der Waals surface area contributed by atoms with Crippen LogP contribution >= 0.6 is 11.8 Å². The van der Waals surface area contributed by atoms with Gasteiger partial charge in [0.25, 0.3) is 0 Å². The zero-order valence-corrected chi connectivity index (χ0v) is 13.2. The van der Waals surface area contributed by atoms with Gasteiger partial charge >= 0.3 is 6.09 Å². The highest BCUT2D eigenvalue weighted by molar-refractivity contribution is 7.98. The zero-order chi connectivity index (χ0) is 14.9. The summed E-state index contributed by atoms with van der Waals surface area (Å²) in [4.78, 5) is 24.4. The van der Waals surface area contributed by atoms with Gasteiger partial charge in [0.05, 0.1) is 6.54 Å². The first-order valence-corrected chi connectivity index (χ1v) is 8.40. The van der Waals surface area contributed by atoms with Crippen LogP contribution in [0.3, 0.4) is 0 Å². The molecule has 1 amide bonds. The van der Waals surface area contributed by atoms with E-state index in [1.165, 1.54) is 0 Å². The SMILES string of the molecule is CSc1nccc(N2CCCC3(CC2)CN(C)C(=O)O3)n1. The van der Waals surface area contributed by atoms with Gasteiger partial charge in [0.2, 0.25) is 0 Å². The molecule has 2 aliphatic heterocycles. The lowest BCUT2D eigenvalue weighted by atomic mass is 9.95. The minimum Gasteiger partial charge on any atom is -0.441 e. The minimum atomic E-state index is -0.310. The van der Waals surface area contributed by atoms with Crippen molar-refractivity contribution < 1.29 is 9.53 Å². The van der Waals surface area contributed by atoms with Gasteiger partial charge in [0, 0.05) is 32.8 Å². The topological polar surface area (TPSA) is 58.6 Å². The molecular weight excluding hydrogens is 288 g/mol. The van der Waals surface area contributed by atoms with E-state index in [-0.39, 0.29) is 11.7 Å². The molecule has 0 radical (unpaired) electrons. The molecule has 0 aromatic carbocycles. The Morgan fingerprint density at radius 3 is 2.95 bits per heavy atom. The summed E-state index contributed by atoms with van der Waals surface area (Å²) < 4.78 is 5.63. The summed E-state index contributed by atoms with van der Waals surface area (Å²) in [6, 6.07) is 1.95. The lowest BCUT2D eigenvalue weighted by molar-refractivity contribution is 0.0473. The molecule has 114 valence electrons. The van der Waals surface area contributed by atoms with Crippen LogP contribution in [0.25, 0.3) is 0 Å². The van der Waals surface area contributed by atoms with Gasteiger partial charge in [-0.15, -0.1) is 0 Å². The quantitative estimate of drug-likeness (QED) is 0.615. The summed E-state index contributed by atoms with van der Waals surface area (Å²) in [6.07, 6.45) is 6.35. The van der Waals surface area contributed by atoms with E-state index in [0.717, 1.165) is 43.3 Å². The van der Waals surface area contributed by atoms with Crippen molar-refractivity contribution in [1.29, 1.82) is 0 Å². The summed E-state index contributed by atoms with van der Waals surface area (Å²) in [5.41, 5.74) is -0.310. The van der Waals surface area contributed by atoms with E-state index >= 15 is 0 Å². The lowest BCUT2D eigenvalue weighted by Gasteiger charge is -2.25. The van der Waals surface area contributed by atoms with Crippen LogP contribution in [0.2, 0.25) is 0 Å². The molecule has 0 bridgehead atoms. The average molecular weight is 308 g/mol. The molecule has 3 heterocycles. The van der Waals surface area contributed by atoms with Gasteiger partial charge in [-0.1, -0.05) is 11.8 Å². The van der Waals surface area contributed by atoms with Gasteiger partial charge in [0.1, 0.15) is 11.4 Å². The van der Waals surface area contributed by atoms with Crippen molar-refractivity contribution in [3.63, 3.8) is 0 Å². The van der Waals surface area contributed by atoms with E-state index in [1.54, 1.807) is 29.9 Å². The fourth-order valence-corrected chi connectivity index (χ4v) is 3.41. The predicted octanol–water partition coefficient (Wildman–Crippen LogP) is 2.01. The lowest BCUT2D eigenvalue weighted by Crippen LogP contribution is -2.35. The van der Waals surface area contributed by atoms with Crippen molar-refractivity contribution in [2.24, 2.45) is 0 Å². The summed E-state index contributed by atoms with van der Waals surface area (Å²) in [5, 5.41) is 0.790. The van der Waals surface area contributed by atoms with Crippen molar-refractivity contribution in [2.75, 3.05) is 37.8 Å². The summed E-state index contributed by atoms with van der Waals surface area (Å²) in [6.45, 7) is 2.49. The molecule has 2 aliphatic rings. The Bertz CT molecular complexity index is 541. The molecule has 21 heavy (non-hydrogen) atoms. The number of aromatic nitrogens is 2. The number of carbonyl (C=O) groups excluding carboxylic acids is 1. The molecular formula is C14H20N4O2S. The maximum Gasteiger partial charge on any atom is 0.410 e. The normalized spacial score (nSPS) is 26.1. The summed E-state index contributed by atoms with van der Waals surface area (Å²) in [5.74, 6) is 0.962. The third-order valence-corrected chi connectivity index (χ3v) is 4.73. The molecule has 3 rings (SSSR count). The van der Waals surface area contributed by atoms with Gasteiger partial charge in [-0.05, 0) is 25.2 Å². The Morgan fingerprint density at radius 1 is 1.38 bits per heavy atom. The van der Waals surface area contributed by atoms with Crippen molar-refractivity contribution >= 4 is 23.7 Å². The Labute approximate surface area is 128 Å². The van der Waals surface area contributed by atoms with E-state index in [0.29, 0.717) is 6.54 Å². The number of carbonyl (C=O) groups is 1. The van der Waals surface area contributed by atoms with Gasteiger partial charge in [-0.2, -0.15) is 0 Å². The van der Waals surface area contributed by atoms with E-state index < -0.39 is 0 Å². The number of hydrogen-bond acceptors (Lipinski definition) is 6. The average Bonchev–Trinajstić information content (AvgIpc) is 2.65. The number of amides is 1. The standard InChI is InChI=1S/C14H20N4O2S/c1-17-10-14(20-13(17)19)5-3-8-18(9-6-14)11-4-7-15-12(16-11)21-2/h4,7H,3,5-6,8-10H2,1-2H3. The molecule has 2 saturated heterocycles. The number of thioether (sulfide) groups is 1. The van der Waals surface area contributed by atoms with Crippen molar-refractivity contribution in [2.45, 2.75) is 30.0 Å². The predicted molar refractivity (Wildman–Crippen MR) is 81.7 cm³/mol. The van der Waals surface area contributed by atoms with Crippen LogP contribution in [-0.4, -0.2) is 59.5 Å². The monoisotopic (exact) mass is 308 g/mol. The molecule has 1 atom stereocenters. The van der Waals surface area contributed by atoms with Crippen molar-refractivity contribution in [3.8, 4) is 0 Å². The molecule has 7 heteroatoms. The molecule has 1 aromatic heterocycles. The highest BCUT2D eigenvalue weighted by Crippen LogP contribution is 2.33. The summed E-state index contributed by atoms with van der Waals surface area (Å²) >= 11 is 1.55. The maximum absolute atomic E-state index is 11.7. The fourth-order valence-electron chi connectivity index (χ4n) is 3.06. The zero-order valence-electron chi connectivity index (χ0n) is 12.4. The van der Waals surface area contributed by atoms with Gasteiger partial charge in [-0.3, -0.25) is 0 Å². The minimum absolute atomic E-state index is 0.199. The van der Waals surface area contributed by atoms with Gasteiger partial charge in [-0.25, -0.2) is 14.8 Å². The Balaban J connectivity index is 1.72. The van der Waals surface area contributed by atoms with Crippen LogP contribution in [0.5, 0.6) is 0 Å². The third-order valence-electron chi connectivity index (χ3n) is 4.16. The van der Waals surface area contributed by atoms with E-state index in [2.05, 4.69) is 14.9 Å². The molecule has 1 aromatic rings. The van der Waals surface area contributed by atoms with Crippen LogP contribution in [0.1, 0.15) is 19.3 Å². The first-order chi connectivity index (χ1) is 10.1. The second-order valence-electron chi connectivity index (χ2n) is 5.65. The summed E-state index contributed by atoms with van der Waals surface area (Å²) in [7, 11) is 1.80. The maximum atomic E-state index is 11.7. The van der Waals surface area contributed by atoms with E-state index in [1.807, 2.05) is 12.3 Å². The number of anilines is 1. The third kappa shape index (κ3) is 2.92. The molecule has 2 fully saturated rings. The first kappa shape index (κ1) is 14.4.